The van der Waals surface area contributed by atoms with E-state index in [0.717, 1.165) is 87.9 Å². The quantitative estimate of drug-likeness (QED) is 0.168. The van der Waals surface area contributed by atoms with Crippen molar-refractivity contribution in [2.45, 2.75) is 0 Å². The molecular weight excluding hydrogens is 735 g/mol. The van der Waals surface area contributed by atoms with Gasteiger partial charge in [-0.25, -0.2) is 0 Å². The average Bonchev–Trinajstić information content (AvgIpc) is 4.05. The number of rotatable bonds is 3. The van der Waals surface area contributed by atoms with E-state index in [2.05, 4.69) is 179 Å². The highest BCUT2D eigenvalue weighted by atomic mass is 16.3. The number of hydrogen-bond donors (Lipinski definition) is 0. The lowest BCUT2D eigenvalue weighted by molar-refractivity contribution is 0.669. The molecule has 0 saturated carbocycles. The van der Waals surface area contributed by atoms with Gasteiger partial charge in [0.05, 0.1) is 33.1 Å². The summed E-state index contributed by atoms with van der Waals surface area (Å²) in [6, 6.07) is 66.5. The largest absolute Gasteiger partial charge is 0.456 e. The van der Waals surface area contributed by atoms with Gasteiger partial charge in [-0.3, -0.25) is 9.20 Å². The summed E-state index contributed by atoms with van der Waals surface area (Å²) in [5.74, 6) is 0. The van der Waals surface area contributed by atoms with E-state index in [1.165, 1.54) is 38.1 Å². The van der Waals surface area contributed by atoms with Gasteiger partial charge in [-0.2, -0.15) is 0 Å². The van der Waals surface area contributed by atoms with Crippen LogP contribution in [0.3, 0.4) is 0 Å². The van der Waals surface area contributed by atoms with Crippen LogP contribution in [-0.4, -0.2) is 13.5 Å². The number of aromatic nitrogens is 3. The van der Waals surface area contributed by atoms with Crippen LogP contribution < -0.4 is 5.56 Å². The minimum absolute atomic E-state index is 0.0134. The first kappa shape index (κ1) is 31.9. The lowest BCUT2D eigenvalue weighted by Gasteiger charge is -2.11. The zero-order chi connectivity index (χ0) is 39.2. The summed E-state index contributed by atoms with van der Waals surface area (Å²) in [5, 5.41) is 11.9. The second-order valence-electron chi connectivity index (χ2n) is 16.0. The number of fused-ring (bicyclic) bond motifs is 15. The minimum Gasteiger partial charge on any atom is -0.456 e. The van der Waals surface area contributed by atoms with Gasteiger partial charge in [-0.05, 0) is 89.3 Å². The van der Waals surface area contributed by atoms with Crippen molar-refractivity contribution in [1.29, 1.82) is 0 Å². The van der Waals surface area contributed by atoms with Gasteiger partial charge >= 0.3 is 0 Å². The van der Waals surface area contributed by atoms with Crippen molar-refractivity contribution in [3.05, 3.63) is 198 Å². The van der Waals surface area contributed by atoms with Crippen LogP contribution >= 0.6 is 0 Å². The van der Waals surface area contributed by atoms with Gasteiger partial charge in [-0.15, -0.1) is 0 Å². The van der Waals surface area contributed by atoms with Gasteiger partial charge in [0.25, 0.3) is 5.56 Å². The highest BCUT2D eigenvalue weighted by Crippen LogP contribution is 2.44. The molecule has 0 amide bonds. The zero-order valence-electron chi connectivity index (χ0n) is 32.1. The van der Waals surface area contributed by atoms with E-state index < -0.39 is 0 Å². The molecule has 5 heteroatoms. The summed E-state index contributed by atoms with van der Waals surface area (Å²) in [5.41, 5.74) is 12.6. The molecule has 0 unspecified atom stereocenters. The van der Waals surface area contributed by atoms with Gasteiger partial charge < -0.3 is 13.6 Å². The molecule has 0 fully saturated rings. The van der Waals surface area contributed by atoms with Gasteiger partial charge in [0.15, 0.2) is 0 Å². The molecule has 0 saturated heterocycles. The van der Waals surface area contributed by atoms with Gasteiger partial charge in [-0.1, -0.05) is 115 Å². The molecule has 0 bridgehead atoms. The van der Waals surface area contributed by atoms with Crippen LogP contribution in [0.1, 0.15) is 0 Å². The highest BCUT2D eigenvalue weighted by molar-refractivity contribution is 6.27. The first-order valence-corrected chi connectivity index (χ1v) is 20.4. The molecular formula is C55H31N3O2. The molecule has 5 heterocycles. The zero-order valence-corrected chi connectivity index (χ0v) is 32.1. The van der Waals surface area contributed by atoms with E-state index in [-0.39, 0.29) is 5.56 Å². The van der Waals surface area contributed by atoms with Gasteiger partial charge in [0.1, 0.15) is 11.2 Å². The summed E-state index contributed by atoms with van der Waals surface area (Å²) in [6.07, 6.45) is 0. The average molecular weight is 766 g/mol. The number of hydrogen-bond acceptors (Lipinski definition) is 2. The number of para-hydroxylation sites is 4. The Morgan fingerprint density at radius 3 is 1.87 bits per heavy atom. The molecule has 0 aliphatic rings. The van der Waals surface area contributed by atoms with E-state index >= 15 is 0 Å². The van der Waals surface area contributed by atoms with Crippen molar-refractivity contribution < 1.29 is 4.42 Å². The fourth-order valence-electron chi connectivity index (χ4n) is 10.5. The number of nitrogens with zero attached hydrogens (tertiary/aromatic N) is 3. The molecule has 5 aromatic heterocycles. The third-order valence-electron chi connectivity index (χ3n) is 13.0. The Bertz CT molecular complexity index is 4200. The van der Waals surface area contributed by atoms with Crippen molar-refractivity contribution in [2.24, 2.45) is 0 Å². The molecule has 0 radical (unpaired) electrons. The lowest BCUT2D eigenvalue weighted by Crippen LogP contribution is -2.12. The van der Waals surface area contributed by atoms with Crippen molar-refractivity contribution in [3.8, 4) is 22.5 Å². The first-order valence-electron chi connectivity index (χ1n) is 20.4. The van der Waals surface area contributed by atoms with Crippen LogP contribution in [0.25, 0.3) is 126 Å². The van der Waals surface area contributed by atoms with E-state index in [1.807, 2.05) is 22.6 Å². The monoisotopic (exact) mass is 765 g/mol. The predicted octanol–water partition coefficient (Wildman–Crippen LogP) is 14.0. The van der Waals surface area contributed by atoms with Gasteiger partial charge in [0.2, 0.25) is 0 Å². The molecule has 9 aromatic carbocycles. The van der Waals surface area contributed by atoms with Crippen LogP contribution in [0, 0.1) is 0 Å². The fourth-order valence-corrected chi connectivity index (χ4v) is 10.5. The molecule has 0 N–H and O–H groups in total. The third kappa shape index (κ3) is 4.03. The van der Waals surface area contributed by atoms with Crippen molar-refractivity contribution in [3.63, 3.8) is 0 Å². The molecule has 278 valence electrons. The summed E-state index contributed by atoms with van der Waals surface area (Å²) < 4.78 is 13.4. The maximum absolute atomic E-state index is 14.1. The van der Waals surface area contributed by atoms with Crippen LogP contribution in [0.4, 0.5) is 0 Å². The van der Waals surface area contributed by atoms with Crippen molar-refractivity contribution in [2.75, 3.05) is 0 Å². The SMILES string of the molecule is O=c1c2ccccc2c2cccc3c4cc(-c5cccc6oc7ccc(-n8c9ccccc9c9ccc%10c(c%11ccccc%11n%10-c%10ccccc%10)c98)cc7c56)ccc4n1c23. The molecule has 0 aliphatic carbocycles. The molecule has 0 atom stereocenters. The lowest BCUT2D eigenvalue weighted by atomic mass is 9.97. The molecule has 0 spiro atoms. The fraction of sp³-hybridized carbons (Fsp3) is 0. The maximum Gasteiger partial charge on any atom is 0.263 e. The maximum atomic E-state index is 14.1. The second kappa shape index (κ2) is 11.5. The molecule has 5 nitrogen and oxygen atoms in total. The second-order valence-corrected chi connectivity index (χ2v) is 16.0. The predicted molar refractivity (Wildman–Crippen MR) is 249 cm³/mol. The topological polar surface area (TPSA) is 44.5 Å². The van der Waals surface area contributed by atoms with Crippen LogP contribution in [0.5, 0.6) is 0 Å². The normalized spacial score (nSPS) is 12.4. The minimum atomic E-state index is 0.0134. The third-order valence-corrected chi connectivity index (χ3v) is 13.0. The van der Waals surface area contributed by atoms with E-state index in [4.69, 9.17) is 4.42 Å². The Morgan fingerprint density at radius 2 is 1.02 bits per heavy atom. The summed E-state index contributed by atoms with van der Waals surface area (Å²) in [4.78, 5) is 14.1. The Morgan fingerprint density at radius 1 is 0.350 bits per heavy atom. The number of furan rings is 1. The number of benzene rings is 9. The van der Waals surface area contributed by atoms with Crippen molar-refractivity contribution in [1.82, 2.24) is 13.5 Å². The Balaban J connectivity index is 1.04. The smallest absolute Gasteiger partial charge is 0.263 e. The van der Waals surface area contributed by atoms with Gasteiger partial charge in [0, 0.05) is 65.2 Å². The van der Waals surface area contributed by atoms with Crippen LogP contribution in [0.2, 0.25) is 0 Å². The number of pyridine rings is 1. The summed E-state index contributed by atoms with van der Waals surface area (Å²) >= 11 is 0. The molecule has 14 aromatic rings. The molecule has 0 aliphatic heterocycles. The van der Waals surface area contributed by atoms with E-state index in [1.54, 1.807) is 0 Å². The Kier molecular flexibility index (Phi) is 6.11. The molecule has 14 rings (SSSR count). The first-order chi connectivity index (χ1) is 29.7. The Labute approximate surface area is 341 Å². The summed E-state index contributed by atoms with van der Waals surface area (Å²) in [7, 11) is 0. The highest BCUT2D eigenvalue weighted by Gasteiger charge is 2.23. The van der Waals surface area contributed by atoms with E-state index in [9.17, 15) is 4.79 Å². The Hall–Kier alpha value is -8.15. The van der Waals surface area contributed by atoms with E-state index in [0.29, 0.717) is 0 Å². The standard InChI is InChI=1S/C55H31N3O2/c59-55-41-16-5-4-14-36(41)38-19-10-20-39-43-30-32(24-27-47(43)58(55)53(38)39)35-18-11-23-50-51(35)44-31-34(25-29-49(44)60-50)57-45-21-8-6-15-37(45)40-26-28-48-52(54(40)57)42-17-7-9-22-46(42)56(48)33-12-2-1-3-13-33/h1-31H. The van der Waals surface area contributed by atoms with Crippen LogP contribution in [0.15, 0.2) is 197 Å². The summed E-state index contributed by atoms with van der Waals surface area (Å²) in [6.45, 7) is 0. The van der Waals surface area contributed by atoms with Crippen molar-refractivity contribution >= 4 is 104 Å². The molecule has 60 heavy (non-hydrogen) atoms. The van der Waals surface area contributed by atoms with Crippen LogP contribution in [-0.2, 0) is 0 Å².